The highest BCUT2D eigenvalue weighted by Gasteiger charge is 2.22. The Morgan fingerprint density at radius 2 is 1.73 bits per heavy atom. The number of amides is 2. The molecule has 0 bridgehead atoms. The molecular formula is C26H23FN6O3S. The first kappa shape index (κ1) is 24.4. The lowest BCUT2D eigenvalue weighted by Gasteiger charge is -2.36. The van der Waals surface area contributed by atoms with E-state index in [-0.39, 0.29) is 17.6 Å². The number of hydrogen-bond donors (Lipinski definition) is 1. The summed E-state index contributed by atoms with van der Waals surface area (Å²) >= 11 is 1.16. The van der Waals surface area contributed by atoms with Gasteiger partial charge in [-0.25, -0.2) is 4.39 Å². The predicted octanol–water partition coefficient (Wildman–Crippen LogP) is 3.96. The normalized spacial score (nSPS) is 13.4. The largest absolute Gasteiger partial charge is 0.411 e. The van der Waals surface area contributed by atoms with Crippen molar-refractivity contribution in [2.75, 3.05) is 42.1 Å². The van der Waals surface area contributed by atoms with Crippen LogP contribution in [0.2, 0.25) is 0 Å². The molecule has 2 amide bonds. The van der Waals surface area contributed by atoms with Crippen LogP contribution < -0.4 is 10.2 Å². The third-order valence-corrected chi connectivity index (χ3v) is 6.63. The number of nitrogens with zero attached hydrogens (tertiary/aromatic N) is 5. The number of piperazine rings is 1. The minimum absolute atomic E-state index is 0.126. The van der Waals surface area contributed by atoms with Crippen molar-refractivity contribution in [1.29, 1.82) is 0 Å². The van der Waals surface area contributed by atoms with Crippen LogP contribution in [0.4, 0.5) is 15.8 Å². The highest BCUT2D eigenvalue weighted by molar-refractivity contribution is 7.99. The molecule has 1 aliphatic heterocycles. The highest BCUT2D eigenvalue weighted by Crippen LogP contribution is 2.24. The van der Waals surface area contributed by atoms with E-state index in [2.05, 4.69) is 25.4 Å². The Hall–Kier alpha value is -4.25. The van der Waals surface area contributed by atoms with E-state index in [0.717, 1.165) is 23.0 Å². The number of carbonyl (C=O) groups excluding carboxylic acids is 2. The molecule has 1 saturated heterocycles. The molecule has 1 fully saturated rings. The molecule has 0 unspecified atom stereocenters. The number of aromatic nitrogens is 3. The molecule has 5 rings (SSSR count). The minimum Gasteiger partial charge on any atom is -0.411 e. The van der Waals surface area contributed by atoms with Crippen molar-refractivity contribution in [3.05, 3.63) is 84.4 Å². The van der Waals surface area contributed by atoms with Crippen molar-refractivity contribution >= 4 is 35.0 Å². The number of halogens is 1. The van der Waals surface area contributed by atoms with Gasteiger partial charge in [0, 0.05) is 61.1 Å². The van der Waals surface area contributed by atoms with Crippen LogP contribution in [0.15, 0.2) is 82.7 Å². The maximum absolute atomic E-state index is 13.5. The number of thioether (sulfide) groups is 1. The lowest BCUT2D eigenvalue weighted by Crippen LogP contribution is -2.48. The maximum Gasteiger partial charge on any atom is 0.277 e. The fraction of sp³-hybridized carbons (Fsp3) is 0.192. The van der Waals surface area contributed by atoms with Gasteiger partial charge in [0.25, 0.3) is 11.1 Å². The number of nitrogens with one attached hydrogen (secondary N) is 1. The Kier molecular flexibility index (Phi) is 7.41. The minimum atomic E-state index is -0.417. The summed E-state index contributed by atoms with van der Waals surface area (Å²) in [6.45, 7) is 2.41. The molecular weight excluding hydrogens is 495 g/mol. The van der Waals surface area contributed by atoms with Crippen LogP contribution in [0.5, 0.6) is 0 Å². The summed E-state index contributed by atoms with van der Waals surface area (Å²) in [7, 11) is 0. The molecule has 1 aliphatic rings. The van der Waals surface area contributed by atoms with Crippen LogP contribution >= 0.6 is 11.8 Å². The van der Waals surface area contributed by atoms with E-state index < -0.39 is 5.82 Å². The molecule has 0 spiro atoms. The zero-order valence-corrected chi connectivity index (χ0v) is 20.5. The van der Waals surface area contributed by atoms with Gasteiger partial charge in [0.05, 0.1) is 5.75 Å². The van der Waals surface area contributed by atoms with Crippen molar-refractivity contribution in [3.8, 4) is 11.5 Å². The Labute approximate surface area is 216 Å². The summed E-state index contributed by atoms with van der Waals surface area (Å²) < 4.78 is 19.0. The predicted molar refractivity (Wildman–Crippen MR) is 138 cm³/mol. The van der Waals surface area contributed by atoms with Crippen LogP contribution in [-0.2, 0) is 4.79 Å². The number of rotatable bonds is 7. The molecule has 11 heteroatoms. The number of benzene rings is 2. The monoisotopic (exact) mass is 518 g/mol. The third kappa shape index (κ3) is 6.12. The van der Waals surface area contributed by atoms with E-state index in [1.807, 2.05) is 24.3 Å². The summed E-state index contributed by atoms with van der Waals surface area (Å²) in [6, 6.07) is 16.9. The Balaban J connectivity index is 1.09. The molecule has 0 radical (unpaired) electrons. The lowest BCUT2D eigenvalue weighted by molar-refractivity contribution is -0.113. The van der Waals surface area contributed by atoms with E-state index in [0.29, 0.717) is 48.5 Å². The fourth-order valence-electron chi connectivity index (χ4n) is 3.93. The van der Waals surface area contributed by atoms with Crippen LogP contribution in [0.3, 0.4) is 0 Å². The van der Waals surface area contributed by atoms with Gasteiger partial charge in [-0.05, 0) is 54.6 Å². The van der Waals surface area contributed by atoms with Crippen molar-refractivity contribution in [1.82, 2.24) is 20.1 Å². The average Bonchev–Trinajstić information content (AvgIpc) is 3.42. The van der Waals surface area contributed by atoms with Gasteiger partial charge in [-0.1, -0.05) is 17.8 Å². The first-order valence-corrected chi connectivity index (χ1v) is 12.6. The molecule has 1 N–H and O–H groups in total. The summed E-state index contributed by atoms with van der Waals surface area (Å²) in [5.74, 6) is -0.267. The van der Waals surface area contributed by atoms with Gasteiger partial charge < -0.3 is 19.5 Å². The third-order valence-electron chi connectivity index (χ3n) is 5.82. The van der Waals surface area contributed by atoms with E-state index >= 15 is 0 Å². The van der Waals surface area contributed by atoms with E-state index in [1.165, 1.54) is 12.1 Å². The first-order valence-electron chi connectivity index (χ1n) is 11.6. The standard InChI is InChI=1S/C26H23FN6O3S/c27-20-3-1-2-19(16-20)25(35)33-14-12-32(13-15-33)22-6-4-21(5-7-22)29-23(34)17-37-26-31-30-24(36-26)18-8-10-28-11-9-18/h1-11,16H,12-15,17H2,(H,29,34). The second-order valence-corrected chi connectivity index (χ2v) is 9.21. The molecule has 0 aliphatic carbocycles. The number of anilines is 2. The molecule has 37 heavy (non-hydrogen) atoms. The van der Waals surface area contributed by atoms with Crippen LogP contribution in [-0.4, -0.2) is 63.8 Å². The van der Waals surface area contributed by atoms with Gasteiger partial charge in [0.15, 0.2) is 0 Å². The van der Waals surface area contributed by atoms with Crippen molar-refractivity contribution in [2.24, 2.45) is 0 Å². The maximum atomic E-state index is 13.5. The van der Waals surface area contributed by atoms with E-state index in [4.69, 9.17) is 4.42 Å². The zero-order valence-electron chi connectivity index (χ0n) is 19.7. The zero-order chi connectivity index (χ0) is 25.6. The van der Waals surface area contributed by atoms with Crippen LogP contribution in [0.25, 0.3) is 11.5 Å². The van der Waals surface area contributed by atoms with Crippen LogP contribution in [0.1, 0.15) is 10.4 Å². The Morgan fingerprint density at radius 3 is 2.46 bits per heavy atom. The SMILES string of the molecule is O=C(CSc1nnc(-c2ccncc2)o1)Nc1ccc(N2CCN(C(=O)c3cccc(F)c3)CC2)cc1. The van der Waals surface area contributed by atoms with Crippen molar-refractivity contribution < 1.29 is 18.4 Å². The second kappa shape index (κ2) is 11.2. The number of pyridine rings is 1. The number of hydrogen-bond acceptors (Lipinski definition) is 8. The average molecular weight is 519 g/mol. The molecule has 2 aromatic heterocycles. The summed E-state index contributed by atoms with van der Waals surface area (Å²) in [4.78, 5) is 32.9. The summed E-state index contributed by atoms with van der Waals surface area (Å²) in [5.41, 5.74) is 2.80. The van der Waals surface area contributed by atoms with Gasteiger partial charge in [-0.15, -0.1) is 10.2 Å². The van der Waals surface area contributed by atoms with Crippen molar-refractivity contribution in [3.63, 3.8) is 0 Å². The molecule has 0 atom stereocenters. The molecule has 2 aromatic carbocycles. The van der Waals surface area contributed by atoms with Crippen molar-refractivity contribution in [2.45, 2.75) is 5.22 Å². The first-order chi connectivity index (χ1) is 18.0. The summed E-state index contributed by atoms with van der Waals surface area (Å²) in [6.07, 6.45) is 3.28. The Morgan fingerprint density at radius 1 is 0.973 bits per heavy atom. The van der Waals surface area contributed by atoms with Crippen LogP contribution in [0, 0.1) is 5.82 Å². The molecule has 188 valence electrons. The summed E-state index contributed by atoms with van der Waals surface area (Å²) in [5, 5.41) is 11.1. The molecule has 3 heterocycles. The van der Waals surface area contributed by atoms with E-state index in [1.54, 1.807) is 41.6 Å². The topological polar surface area (TPSA) is 104 Å². The van der Waals surface area contributed by atoms with Gasteiger partial charge in [-0.3, -0.25) is 14.6 Å². The Bertz CT molecular complexity index is 1370. The highest BCUT2D eigenvalue weighted by atomic mass is 32.2. The van der Waals surface area contributed by atoms with Gasteiger partial charge in [0.2, 0.25) is 11.8 Å². The number of carbonyl (C=O) groups is 2. The smallest absolute Gasteiger partial charge is 0.277 e. The lowest BCUT2D eigenvalue weighted by atomic mass is 10.1. The van der Waals surface area contributed by atoms with Gasteiger partial charge in [0.1, 0.15) is 5.82 Å². The molecule has 0 saturated carbocycles. The van der Waals surface area contributed by atoms with Gasteiger partial charge in [-0.2, -0.15) is 0 Å². The molecule has 4 aromatic rings. The van der Waals surface area contributed by atoms with E-state index in [9.17, 15) is 14.0 Å². The fourth-order valence-corrected chi connectivity index (χ4v) is 4.49. The second-order valence-electron chi connectivity index (χ2n) is 8.28. The quantitative estimate of drug-likeness (QED) is 0.367. The van der Waals surface area contributed by atoms with Gasteiger partial charge >= 0.3 is 0 Å². The molecule has 9 nitrogen and oxygen atoms in total.